The monoisotopic (exact) mass is 389 g/mol. The Labute approximate surface area is 162 Å². The minimum absolute atomic E-state index is 0.131. The summed E-state index contributed by atoms with van der Waals surface area (Å²) in [4.78, 5) is 28.4. The Morgan fingerprint density at radius 1 is 1.11 bits per heavy atom. The number of anilines is 2. The summed E-state index contributed by atoms with van der Waals surface area (Å²) in [6, 6.07) is 3.23. The molecule has 1 aliphatic rings. The molecule has 0 aliphatic carbocycles. The molecule has 0 spiro atoms. The number of nitrogens with zero attached hydrogens (tertiary/aromatic N) is 7. The maximum absolute atomic E-state index is 11.4. The van der Waals surface area contributed by atoms with E-state index in [0.29, 0.717) is 11.9 Å². The summed E-state index contributed by atoms with van der Waals surface area (Å²) in [7, 11) is 4.99. The Morgan fingerprint density at radius 2 is 1.79 bits per heavy atom. The lowest BCUT2D eigenvalue weighted by molar-refractivity contribution is -0.148. The highest BCUT2D eigenvalue weighted by Gasteiger charge is 2.19. The smallest absolute Gasteiger partial charge is 0.346 e. The first kappa shape index (κ1) is 19.5. The number of hydrogen-bond donors (Lipinski definition) is 0. The molecule has 28 heavy (non-hydrogen) atoms. The minimum Gasteiger partial charge on any atom is -0.466 e. The van der Waals surface area contributed by atoms with Gasteiger partial charge < -0.3 is 24.0 Å². The fraction of sp³-hybridized carbons (Fsp3) is 0.529. The molecule has 0 aromatic carbocycles. The Kier molecular flexibility index (Phi) is 6.02. The van der Waals surface area contributed by atoms with Crippen LogP contribution in [0.2, 0.25) is 0 Å². The Bertz CT molecular complexity index is 810. The Balaban J connectivity index is 1.74. The van der Waals surface area contributed by atoms with Crippen molar-refractivity contribution in [1.29, 1.82) is 0 Å². The van der Waals surface area contributed by atoms with Gasteiger partial charge in [-0.2, -0.15) is 15.0 Å². The number of aromatic nitrogens is 5. The van der Waals surface area contributed by atoms with Crippen LogP contribution in [0.25, 0.3) is 0 Å². The standard InChI is InChI=1S/C17H23N7O4/c1-11(14(25)26-4)27-12-7-8-13(22-21-12)28-17-19-15(23(2)3)18-16(20-17)24-9-5-6-10-24/h7-8,11H,5-6,9-10H2,1-4H3. The minimum atomic E-state index is -0.791. The lowest BCUT2D eigenvalue weighted by Crippen LogP contribution is -2.25. The van der Waals surface area contributed by atoms with Crippen LogP contribution in [-0.2, 0) is 9.53 Å². The number of carbonyl (C=O) groups excluding carboxylic acids is 1. The van der Waals surface area contributed by atoms with Crippen molar-refractivity contribution in [3.8, 4) is 17.8 Å². The van der Waals surface area contributed by atoms with Gasteiger partial charge in [0.05, 0.1) is 7.11 Å². The maximum Gasteiger partial charge on any atom is 0.346 e. The molecule has 0 saturated carbocycles. The fourth-order valence-electron chi connectivity index (χ4n) is 2.55. The van der Waals surface area contributed by atoms with E-state index in [1.165, 1.54) is 13.2 Å². The number of methoxy groups -OCH3 is 1. The van der Waals surface area contributed by atoms with Crippen LogP contribution in [0.1, 0.15) is 19.8 Å². The molecule has 0 bridgehead atoms. The molecule has 150 valence electrons. The number of rotatable bonds is 7. The molecule has 11 nitrogen and oxygen atoms in total. The predicted molar refractivity (Wildman–Crippen MR) is 99.8 cm³/mol. The lowest BCUT2D eigenvalue weighted by atomic mass is 10.4. The number of esters is 1. The molecule has 0 amide bonds. The van der Waals surface area contributed by atoms with E-state index in [9.17, 15) is 4.79 Å². The molecular formula is C17H23N7O4. The van der Waals surface area contributed by atoms with Gasteiger partial charge in [-0.25, -0.2) is 4.79 Å². The zero-order valence-corrected chi connectivity index (χ0v) is 16.3. The maximum atomic E-state index is 11.4. The van der Waals surface area contributed by atoms with Crippen LogP contribution in [0, 0.1) is 0 Å². The molecule has 1 saturated heterocycles. The first-order valence-electron chi connectivity index (χ1n) is 8.90. The molecule has 1 unspecified atom stereocenters. The second-order valence-corrected chi connectivity index (χ2v) is 6.40. The van der Waals surface area contributed by atoms with Gasteiger partial charge in [0.1, 0.15) is 0 Å². The van der Waals surface area contributed by atoms with Crippen LogP contribution in [0.3, 0.4) is 0 Å². The molecule has 1 aliphatic heterocycles. The second kappa shape index (κ2) is 8.63. The predicted octanol–water partition coefficient (Wildman–Crippen LogP) is 1.06. The lowest BCUT2D eigenvalue weighted by Gasteiger charge is -2.18. The fourth-order valence-corrected chi connectivity index (χ4v) is 2.55. The highest BCUT2D eigenvalue weighted by molar-refractivity contribution is 5.74. The van der Waals surface area contributed by atoms with Gasteiger partial charge in [-0.05, 0) is 19.8 Å². The van der Waals surface area contributed by atoms with Gasteiger partial charge in [0.25, 0.3) is 0 Å². The molecule has 2 aromatic rings. The first-order chi connectivity index (χ1) is 13.5. The third-order valence-corrected chi connectivity index (χ3v) is 4.02. The summed E-state index contributed by atoms with van der Waals surface area (Å²) in [5.74, 6) is 0.935. The topological polar surface area (TPSA) is 116 Å². The van der Waals surface area contributed by atoms with Crippen LogP contribution < -0.4 is 19.3 Å². The second-order valence-electron chi connectivity index (χ2n) is 6.40. The molecular weight excluding hydrogens is 366 g/mol. The summed E-state index contributed by atoms with van der Waals surface area (Å²) >= 11 is 0. The number of carbonyl (C=O) groups is 1. The molecule has 0 N–H and O–H groups in total. The first-order valence-corrected chi connectivity index (χ1v) is 8.90. The third-order valence-electron chi connectivity index (χ3n) is 4.02. The van der Waals surface area contributed by atoms with E-state index in [0.717, 1.165) is 25.9 Å². The summed E-state index contributed by atoms with van der Waals surface area (Å²) < 4.78 is 15.6. The van der Waals surface area contributed by atoms with Crippen LogP contribution >= 0.6 is 0 Å². The van der Waals surface area contributed by atoms with Crippen molar-refractivity contribution in [3.05, 3.63) is 12.1 Å². The van der Waals surface area contributed by atoms with Crippen molar-refractivity contribution >= 4 is 17.9 Å². The van der Waals surface area contributed by atoms with Crippen LogP contribution in [0.5, 0.6) is 17.8 Å². The molecule has 1 fully saturated rings. The van der Waals surface area contributed by atoms with Crippen molar-refractivity contribution in [2.24, 2.45) is 0 Å². The summed E-state index contributed by atoms with van der Waals surface area (Å²) in [6.45, 7) is 3.37. The van der Waals surface area contributed by atoms with Gasteiger partial charge in [0, 0.05) is 39.3 Å². The van der Waals surface area contributed by atoms with Crippen LogP contribution in [0.4, 0.5) is 11.9 Å². The summed E-state index contributed by atoms with van der Waals surface area (Å²) in [5.41, 5.74) is 0. The quantitative estimate of drug-likeness (QED) is 0.633. The van der Waals surface area contributed by atoms with Gasteiger partial charge in [0.2, 0.25) is 23.7 Å². The van der Waals surface area contributed by atoms with E-state index in [1.54, 1.807) is 17.9 Å². The Morgan fingerprint density at radius 3 is 2.39 bits per heavy atom. The molecule has 11 heteroatoms. The SMILES string of the molecule is COC(=O)C(C)Oc1ccc(Oc2nc(N(C)C)nc(N3CCCC3)n2)nn1. The molecule has 3 rings (SSSR count). The van der Waals surface area contributed by atoms with Gasteiger partial charge in [-0.3, -0.25) is 0 Å². The highest BCUT2D eigenvalue weighted by Crippen LogP contribution is 2.23. The van der Waals surface area contributed by atoms with E-state index >= 15 is 0 Å². The van der Waals surface area contributed by atoms with Gasteiger partial charge in [0.15, 0.2) is 6.10 Å². The van der Waals surface area contributed by atoms with Crippen LogP contribution in [0.15, 0.2) is 12.1 Å². The largest absolute Gasteiger partial charge is 0.466 e. The molecule has 0 radical (unpaired) electrons. The average Bonchev–Trinajstić information content (AvgIpc) is 3.23. The summed E-state index contributed by atoms with van der Waals surface area (Å²) in [5, 5.41) is 7.83. The summed E-state index contributed by atoms with van der Waals surface area (Å²) in [6.07, 6.45) is 1.42. The molecule has 3 heterocycles. The van der Waals surface area contributed by atoms with Gasteiger partial charge in [-0.15, -0.1) is 10.2 Å². The third kappa shape index (κ3) is 4.72. The van der Waals surface area contributed by atoms with Crippen molar-refractivity contribution in [2.75, 3.05) is 44.1 Å². The highest BCUT2D eigenvalue weighted by atomic mass is 16.6. The average molecular weight is 389 g/mol. The number of ether oxygens (including phenoxy) is 3. The van der Waals surface area contributed by atoms with E-state index in [4.69, 9.17) is 9.47 Å². The number of hydrogen-bond acceptors (Lipinski definition) is 11. The zero-order chi connectivity index (χ0) is 20.1. The normalized spacial score (nSPS) is 14.5. The Hall–Kier alpha value is -3.24. The van der Waals surface area contributed by atoms with Gasteiger partial charge >= 0.3 is 12.0 Å². The van der Waals surface area contributed by atoms with Gasteiger partial charge in [-0.1, -0.05) is 0 Å². The molecule has 2 aromatic heterocycles. The van der Waals surface area contributed by atoms with Crippen molar-refractivity contribution in [2.45, 2.75) is 25.9 Å². The van der Waals surface area contributed by atoms with Crippen molar-refractivity contribution < 1.29 is 19.0 Å². The molecule has 1 atom stereocenters. The van der Waals surface area contributed by atoms with Crippen molar-refractivity contribution in [3.63, 3.8) is 0 Å². The van der Waals surface area contributed by atoms with E-state index < -0.39 is 12.1 Å². The van der Waals surface area contributed by atoms with E-state index in [-0.39, 0.29) is 17.8 Å². The zero-order valence-electron chi connectivity index (χ0n) is 16.3. The van der Waals surface area contributed by atoms with Crippen LogP contribution in [-0.4, -0.2) is 71.5 Å². The van der Waals surface area contributed by atoms with Crippen molar-refractivity contribution in [1.82, 2.24) is 25.1 Å². The van der Waals surface area contributed by atoms with E-state index in [1.807, 2.05) is 14.1 Å². The van der Waals surface area contributed by atoms with E-state index in [2.05, 4.69) is 34.8 Å².